The van der Waals surface area contributed by atoms with Crippen LogP contribution in [-0.4, -0.2) is 9.97 Å². The predicted octanol–water partition coefficient (Wildman–Crippen LogP) is 3.19. The van der Waals surface area contributed by atoms with Gasteiger partial charge in [-0.05, 0) is 28.1 Å². The van der Waals surface area contributed by atoms with Gasteiger partial charge in [0.2, 0.25) is 0 Å². The maximum Gasteiger partial charge on any atom is 0.147 e. The number of rotatable bonds is 0. The zero-order valence-electron chi connectivity index (χ0n) is 6.34. The van der Waals surface area contributed by atoms with Crippen molar-refractivity contribution in [1.29, 1.82) is 0 Å². The molecule has 0 bridgehead atoms. The van der Waals surface area contributed by atoms with Gasteiger partial charge in [-0.15, -0.1) is 0 Å². The van der Waals surface area contributed by atoms with E-state index in [1.165, 1.54) is 12.4 Å². The smallest absolute Gasteiger partial charge is 0.147 e. The van der Waals surface area contributed by atoms with E-state index in [0.29, 0.717) is 15.5 Å². The Morgan fingerprint density at radius 3 is 2.92 bits per heavy atom. The van der Waals surface area contributed by atoms with Crippen molar-refractivity contribution in [2.75, 3.05) is 0 Å². The fourth-order valence-corrected chi connectivity index (χ4v) is 2.04. The van der Waals surface area contributed by atoms with Crippen LogP contribution >= 0.6 is 28.1 Å². The largest absolute Gasteiger partial charge is 0.343 e. The van der Waals surface area contributed by atoms with Gasteiger partial charge < -0.3 is 4.98 Å². The third kappa shape index (κ3) is 1.38. The lowest BCUT2D eigenvalue weighted by Crippen LogP contribution is -1.88. The number of hydrogen-bond donors (Lipinski definition) is 1. The molecule has 0 aliphatic rings. The molecule has 0 atom stereocenters. The van der Waals surface area contributed by atoms with E-state index in [2.05, 4.69) is 25.9 Å². The van der Waals surface area contributed by atoms with Crippen LogP contribution in [0.25, 0.3) is 10.9 Å². The number of fused-ring (bicyclic) bond motifs is 1. The highest BCUT2D eigenvalue weighted by Gasteiger charge is 2.05. The van der Waals surface area contributed by atoms with E-state index in [9.17, 15) is 4.39 Å². The van der Waals surface area contributed by atoms with Crippen LogP contribution in [0.5, 0.6) is 0 Å². The van der Waals surface area contributed by atoms with Crippen molar-refractivity contribution >= 4 is 39.1 Å². The highest BCUT2D eigenvalue weighted by molar-refractivity contribution is 9.10. The summed E-state index contributed by atoms with van der Waals surface area (Å²) >= 11 is 8.26. The van der Waals surface area contributed by atoms with E-state index in [1.807, 2.05) is 0 Å². The Balaban J connectivity index is 3.09. The molecule has 0 unspecified atom stereocenters. The van der Waals surface area contributed by atoms with Crippen LogP contribution < -0.4 is 0 Å². The Morgan fingerprint density at radius 1 is 1.46 bits per heavy atom. The maximum absolute atomic E-state index is 13.2. The van der Waals surface area contributed by atoms with Gasteiger partial charge in [-0.1, -0.05) is 12.2 Å². The number of aromatic amines is 1. The number of halogens is 2. The van der Waals surface area contributed by atoms with Gasteiger partial charge in [0.25, 0.3) is 0 Å². The molecule has 1 N–H and O–H groups in total. The molecule has 0 saturated carbocycles. The third-order valence-electron chi connectivity index (χ3n) is 1.71. The van der Waals surface area contributed by atoms with Crippen LogP contribution in [0.2, 0.25) is 0 Å². The summed E-state index contributed by atoms with van der Waals surface area (Å²) < 4.78 is 14.4. The van der Waals surface area contributed by atoms with E-state index >= 15 is 0 Å². The Hall–Kier alpha value is -0.810. The van der Waals surface area contributed by atoms with Gasteiger partial charge in [-0.3, -0.25) is 0 Å². The van der Waals surface area contributed by atoms with Crippen LogP contribution in [0.1, 0.15) is 0 Å². The minimum absolute atomic E-state index is 0.327. The Kier molecular flexibility index (Phi) is 2.13. The number of hydrogen-bond acceptors (Lipinski definition) is 2. The third-order valence-corrected chi connectivity index (χ3v) is 2.68. The summed E-state index contributed by atoms with van der Waals surface area (Å²) in [6.07, 6.45) is 1.39. The van der Waals surface area contributed by atoms with Crippen LogP contribution in [0.15, 0.2) is 22.9 Å². The molecule has 1 aromatic heterocycles. The van der Waals surface area contributed by atoms with Crippen molar-refractivity contribution in [3.8, 4) is 0 Å². The average Bonchev–Trinajstić information content (AvgIpc) is 2.12. The van der Waals surface area contributed by atoms with E-state index < -0.39 is 0 Å². The average molecular weight is 259 g/mol. The van der Waals surface area contributed by atoms with Crippen molar-refractivity contribution in [3.63, 3.8) is 0 Å². The van der Waals surface area contributed by atoms with Crippen molar-refractivity contribution in [2.45, 2.75) is 0 Å². The highest BCUT2D eigenvalue weighted by atomic mass is 79.9. The number of nitrogens with zero attached hydrogens (tertiary/aromatic N) is 1. The normalized spacial score (nSPS) is 10.6. The van der Waals surface area contributed by atoms with Gasteiger partial charge in [0, 0.05) is 4.47 Å². The standard InChI is InChI=1S/C8H4BrFN2S/c9-4-1-2-5(10)7-6(4)8(13)12-3-11-7/h1-3H,(H,11,12,13). The first-order valence-corrected chi connectivity index (χ1v) is 4.71. The lowest BCUT2D eigenvalue weighted by atomic mass is 10.2. The summed E-state index contributed by atoms with van der Waals surface area (Å²) in [7, 11) is 0. The van der Waals surface area contributed by atoms with Crippen molar-refractivity contribution < 1.29 is 4.39 Å². The maximum atomic E-state index is 13.2. The molecule has 2 nitrogen and oxygen atoms in total. The molecular weight excluding hydrogens is 255 g/mol. The molecule has 0 amide bonds. The minimum atomic E-state index is -0.327. The quantitative estimate of drug-likeness (QED) is 0.736. The van der Waals surface area contributed by atoms with E-state index in [1.54, 1.807) is 6.07 Å². The highest BCUT2D eigenvalue weighted by Crippen LogP contribution is 2.24. The summed E-state index contributed by atoms with van der Waals surface area (Å²) in [4.78, 5) is 6.59. The van der Waals surface area contributed by atoms with Gasteiger partial charge in [0.05, 0.1) is 17.2 Å². The second kappa shape index (κ2) is 3.16. The molecule has 2 rings (SSSR count). The van der Waals surface area contributed by atoms with Crippen LogP contribution in [0.3, 0.4) is 0 Å². The van der Waals surface area contributed by atoms with Gasteiger partial charge in [-0.25, -0.2) is 9.37 Å². The number of aromatic nitrogens is 2. The Labute approximate surface area is 86.9 Å². The van der Waals surface area contributed by atoms with Crippen molar-refractivity contribution in [2.24, 2.45) is 0 Å². The molecule has 0 saturated heterocycles. The second-order valence-corrected chi connectivity index (χ2v) is 3.73. The summed E-state index contributed by atoms with van der Waals surface area (Å²) in [5.74, 6) is -0.327. The van der Waals surface area contributed by atoms with Gasteiger partial charge in [0.1, 0.15) is 10.5 Å². The van der Waals surface area contributed by atoms with Crippen molar-refractivity contribution in [1.82, 2.24) is 9.97 Å². The zero-order valence-corrected chi connectivity index (χ0v) is 8.75. The molecule has 0 radical (unpaired) electrons. The van der Waals surface area contributed by atoms with E-state index in [4.69, 9.17) is 12.2 Å². The summed E-state index contributed by atoms with van der Waals surface area (Å²) in [6.45, 7) is 0. The number of H-pyrrole nitrogens is 1. The monoisotopic (exact) mass is 258 g/mol. The molecule has 0 aliphatic heterocycles. The van der Waals surface area contributed by atoms with Crippen LogP contribution in [-0.2, 0) is 0 Å². The molecule has 66 valence electrons. The Morgan fingerprint density at radius 2 is 2.23 bits per heavy atom. The van der Waals surface area contributed by atoms with E-state index in [-0.39, 0.29) is 5.82 Å². The number of benzene rings is 1. The molecule has 1 heterocycles. The number of nitrogens with one attached hydrogen (secondary N) is 1. The van der Waals surface area contributed by atoms with Gasteiger partial charge in [0.15, 0.2) is 0 Å². The minimum Gasteiger partial charge on any atom is -0.343 e. The van der Waals surface area contributed by atoms with Crippen molar-refractivity contribution in [3.05, 3.63) is 33.4 Å². The summed E-state index contributed by atoms with van der Waals surface area (Å²) in [6, 6.07) is 2.99. The predicted molar refractivity (Wildman–Crippen MR) is 54.6 cm³/mol. The first kappa shape index (κ1) is 8.77. The molecule has 0 fully saturated rings. The lowest BCUT2D eigenvalue weighted by molar-refractivity contribution is 0.636. The fraction of sp³-hybridized carbons (Fsp3) is 0. The Bertz CT molecular complexity index is 523. The molecule has 0 spiro atoms. The van der Waals surface area contributed by atoms with Gasteiger partial charge >= 0.3 is 0 Å². The first-order chi connectivity index (χ1) is 6.20. The molecule has 13 heavy (non-hydrogen) atoms. The van der Waals surface area contributed by atoms with Gasteiger partial charge in [-0.2, -0.15) is 0 Å². The molecule has 5 heteroatoms. The van der Waals surface area contributed by atoms with Crippen LogP contribution in [0.4, 0.5) is 4.39 Å². The molecule has 0 aliphatic carbocycles. The topological polar surface area (TPSA) is 28.7 Å². The first-order valence-electron chi connectivity index (χ1n) is 3.51. The zero-order chi connectivity index (χ0) is 9.42. The SMILES string of the molecule is Fc1ccc(Br)c2c(=S)nc[nH]c12. The molecule has 2 aromatic rings. The lowest BCUT2D eigenvalue weighted by Gasteiger charge is -2.00. The van der Waals surface area contributed by atoms with Crippen LogP contribution in [0, 0.1) is 10.5 Å². The summed E-state index contributed by atoms with van der Waals surface area (Å²) in [5, 5.41) is 0.609. The fourth-order valence-electron chi connectivity index (χ4n) is 1.12. The van der Waals surface area contributed by atoms with E-state index in [0.717, 1.165) is 4.47 Å². The summed E-state index contributed by atoms with van der Waals surface area (Å²) in [5.41, 5.74) is 0.384. The molecule has 1 aromatic carbocycles. The molecular formula is C8H4BrFN2S. The second-order valence-electron chi connectivity index (χ2n) is 2.49.